The molecule has 0 bridgehead atoms. The molecule has 2 aliphatic heterocycles. The van der Waals surface area contributed by atoms with Gasteiger partial charge in [0.2, 0.25) is 10.0 Å². The van der Waals surface area contributed by atoms with Crippen LogP contribution in [-0.2, 0) is 24.6 Å². The molecule has 0 aromatic heterocycles. The molecule has 0 aliphatic carbocycles. The Kier molecular flexibility index (Phi) is 5.74. The van der Waals surface area contributed by atoms with Gasteiger partial charge in [-0.15, -0.1) is 0 Å². The molecule has 2 atom stereocenters. The molecule has 0 N–H and O–H groups in total. The third-order valence-corrected chi connectivity index (χ3v) is 9.83. The highest BCUT2D eigenvalue weighted by molar-refractivity contribution is 7.92. The van der Waals surface area contributed by atoms with Crippen molar-refractivity contribution in [1.29, 1.82) is 0 Å². The number of aryl methyl sites for hydroxylation is 2. The van der Waals surface area contributed by atoms with Crippen molar-refractivity contribution in [3.8, 4) is 0 Å². The van der Waals surface area contributed by atoms with Crippen molar-refractivity contribution in [3.05, 3.63) is 28.3 Å². The standard InChI is InChI=1S/C19H29NO5S2/c1-13-10-14(2)16(4)19(15(13)3)27(23,24)20(11-18-6-5-8-25-18)17-7-9-26(21,22)12-17/h10,17-18H,5-9,11-12H2,1-4H3/t17-,18-/m1/s1. The van der Waals surface area contributed by atoms with Crippen molar-refractivity contribution in [2.75, 3.05) is 24.7 Å². The summed E-state index contributed by atoms with van der Waals surface area (Å²) in [5, 5.41) is 0. The predicted molar refractivity (Wildman–Crippen MR) is 105 cm³/mol. The molecule has 0 amide bonds. The molecule has 2 heterocycles. The second-order valence-electron chi connectivity index (χ2n) is 7.86. The van der Waals surface area contributed by atoms with E-state index in [1.54, 1.807) is 0 Å². The van der Waals surface area contributed by atoms with Gasteiger partial charge in [-0.2, -0.15) is 4.31 Å². The van der Waals surface area contributed by atoms with Crippen LogP contribution in [0.4, 0.5) is 0 Å². The van der Waals surface area contributed by atoms with E-state index in [0.717, 1.165) is 35.1 Å². The zero-order valence-corrected chi connectivity index (χ0v) is 18.1. The first-order chi connectivity index (χ1) is 12.5. The van der Waals surface area contributed by atoms with Gasteiger partial charge in [-0.25, -0.2) is 16.8 Å². The summed E-state index contributed by atoms with van der Waals surface area (Å²) in [6.45, 7) is 8.31. The van der Waals surface area contributed by atoms with E-state index in [9.17, 15) is 16.8 Å². The topological polar surface area (TPSA) is 80.8 Å². The first-order valence-electron chi connectivity index (χ1n) is 9.44. The molecule has 1 aromatic rings. The van der Waals surface area contributed by atoms with E-state index < -0.39 is 25.9 Å². The molecule has 2 fully saturated rings. The number of hydrogen-bond donors (Lipinski definition) is 0. The maximum atomic E-state index is 13.7. The van der Waals surface area contributed by atoms with Crippen LogP contribution in [0.5, 0.6) is 0 Å². The van der Waals surface area contributed by atoms with Crippen molar-refractivity contribution in [2.45, 2.75) is 64.0 Å². The summed E-state index contributed by atoms with van der Waals surface area (Å²) in [5.41, 5.74) is 3.31. The Labute approximate surface area is 162 Å². The van der Waals surface area contributed by atoms with Crippen molar-refractivity contribution >= 4 is 19.9 Å². The lowest BCUT2D eigenvalue weighted by Crippen LogP contribution is -2.45. The molecule has 6 nitrogen and oxygen atoms in total. The summed E-state index contributed by atoms with van der Waals surface area (Å²) < 4.78 is 58.6. The maximum absolute atomic E-state index is 13.7. The Bertz CT molecular complexity index is 905. The van der Waals surface area contributed by atoms with Crippen LogP contribution in [0.3, 0.4) is 0 Å². The fourth-order valence-corrected chi connectivity index (χ4v) is 8.21. The van der Waals surface area contributed by atoms with E-state index in [1.807, 2.05) is 33.8 Å². The van der Waals surface area contributed by atoms with Crippen LogP contribution in [0.1, 0.15) is 41.5 Å². The lowest BCUT2D eigenvalue weighted by Gasteiger charge is -2.31. The van der Waals surface area contributed by atoms with Crippen LogP contribution in [0.2, 0.25) is 0 Å². The summed E-state index contributed by atoms with van der Waals surface area (Å²) >= 11 is 0. The summed E-state index contributed by atoms with van der Waals surface area (Å²) in [4.78, 5) is 0.322. The second kappa shape index (κ2) is 7.46. The SMILES string of the molecule is Cc1cc(C)c(C)c(S(=O)(=O)N(C[C@H]2CCCO2)[C@@H]2CCS(=O)(=O)C2)c1C. The minimum Gasteiger partial charge on any atom is -0.377 e. The molecule has 2 saturated heterocycles. The Balaban J connectivity index is 2.08. The van der Waals surface area contributed by atoms with Crippen molar-refractivity contribution in [3.63, 3.8) is 0 Å². The second-order valence-corrected chi connectivity index (χ2v) is 11.9. The molecule has 152 valence electrons. The van der Waals surface area contributed by atoms with Crippen LogP contribution >= 0.6 is 0 Å². The zero-order valence-electron chi connectivity index (χ0n) is 16.5. The van der Waals surface area contributed by atoms with Crippen LogP contribution in [0.25, 0.3) is 0 Å². The Morgan fingerprint density at radius 2 is 1.74 bits per heavy atom. The van der Waals surface area contributed by atoms with Gasteiger partial charge in [0, 0.05) is 19.2 Å². The Morgan fingerprint density at radius 3 is 2.22 bits per heavy atom. The molecule has 2 aliphatic rings. The average Bonchev–Trinajstić information content (AvgIpc) is 3.19. The predicted octanol–water partition coefficient (Wildman–Crippen LogP) is 2.28. The molecule has 0 saturated carbocycles. The fourth-order valence-electron chi connectivity index (χ4n) is 4.12. The summed E-state index contributed by atoms with van der Waals surface area (Å²) in [6, 6.07) is 1.47. The number of sulfonamides is 1. The van der Waals surface area contributed by atoms with E-state index in [2.05, 4.69) is 0 Å². The molecule has 8 heteroatoms. The third kappa shape index (κ3) is 4.09. The third-order valence-electron chi connectivity index (χ3n) is 5.89. The Hall–Kier alpha value is -0.960. The molecule has 0 unspecified atom stereocenters. The van der Waals surface area contributed by atoms with E-state index in [4.69, 9.17) is 4.74 Å². The van der Waals surface area contributed by atoms with E-state index in [1.165, 1.54) is 4.31 Å². The first kappa shape index (κ1) is 20.8. The molecule has 0 spiro atoms. The van der Waals surface area contributed by atoms with Gasteiger partial charge in [-0.05, 0) is 69.2 Å². The lowest BCUT2D eigenvalue weighted by atomic mass is 10.0. The van der Waals surface area contributed by atoms with Crippen molar-refractivity contribution in [2.24, 2.45) is 0 Å². The minimum atomic E-state index is -3.84. The first-order valence-corrected chi connectivity index (χ1v) is 12.7. The van der Waals surface area contributed by atoms with Gasteiger partial charge in [0.1, 0.15) is 0 Å². The average molecular weight is 416 g/mol. The van der Waals surface area contributed by atoms with Crippen LogP contribution < -0.4 is 0 Å². The van der Waals surface area contributed by atoms with E-state index >= 15 is 0 Å². The van der Waals surface area contributed by atoms with Crippen LogP contribution in [-0.4, -0.2) is 57.9 Å². The quantitative estimate of drug-likeness (QED) is 0.737. The normalized spacial score (nSPS) is 25.4. The van der Waals surface area contributed by atoms with E-state index in [0.29, 0.717) is 17.9 Å². The lowest BCUT2D eigenvalue weighted by molar-refractivity contribution is 0.0876. The van der Waals surface area contributed by atoms with Crippen LogP contribution in [0.15, 0.2) is 11.0 Å². The number of nitrogens with zero attached hydrogens (tertiary/aromatic N) is 1. The van der Waals surface area contributed by atoms with Crippen LogP contribution in [0, 0.1) is 27.7 Å². The molecule has 3 rings (SSSR count). The minimum absolute atomic E-state index is 0.0417. The monoisotopic (exact) mass is 415 g/mol. The molecular formula is C19H29NO5S2. The number of ether oxygens (including phenoxy) is 1. The smallest absolute Gasteiger partial charge is 0.243 e. The summed E-state index contributed by atoms with van der Waals surface area (Å²) in [5.74, 6) is -0.0676. The molecule has 0 radical (unpaired) electrons. The molecule has 27 heavy (non-hydrogen) atoms. The van der Waals surface area contributed by atoms with Gasteiger partial charge in [0.25, 0.3) is 0 Å². The molecule has 1 aromatic carbocycles. The summed E-state index contributed by atoms with van der Waals surface area (Å²) in [7, 11) is -7.04. The number of benzene rings is 1. The van der Waals surface area contributed by atoms with Gasteiger partial charge < -0.3 is 4.74 Å². The fraction of sp³-hybridized carbons (Fsp3) is 0.684. The van der Waals surface area contributed by atoms with Gasteiger partial charge in [0.05, 0.1) is 22.5 Å². The van der Waals surface area contributed by atoms with Gasteiger partial charge in [-0.3, -0.25) is 0 Å². The number of sulfone groups is 1. The highest BCUT2D eigenvalue weighted by atomic mass is 32.2. The molecular weight excluding hydrogens is 386 g/mol. The van der Waals surface area contributed by atoms with Gasteiger partial charge in [0.15, 0.2) is 9.84 Å². The number of rotatable bonds is 5. The van der Waals surface area contributed by atoms with E-state index in [-0.39, 0.29) is 24.2 Å². The summed E-state index contributed by atoms with van der Waals surface area (Å²) in [6.07, 6.45) is 1.88. The van der Waals surface area contributed by atoms with Crippen molar-refractivity contribution < 1.29 is 21.6 Å². The highest BCUT2D eigenvalue weighted by Crippen LogP contribution is 2.33. The maximum Gasteiger partial charge on any atom is 0.243 e. The number of hydrogen-bond acceptors (Lipinski definition) is 5. The van der Waals surface area contributed by atoms with Gasteiger partial charge in [-0.1, -0.05) is 6.07 Å². The highest BCUT2D eigenvalue weighted by Gasteiger charge is 2.41. The van der Waals surface area contributed by atoms with Gasteiger partial charge >= 0.3 is 0 Å². The zero-order chi connectivity index (χ0) is 20.0. The largest absolute Gasteiger partial charge is 0.377 e. The van der Waals surface area contributed by atoms with Crippen molar-refractivity contribution in [1.82, 2.24) is 4.31 Å². The Morgan fingerprint density at radius 1 is 1.11 bits per heavy atom.